The van der Waals surface area contributed by atoms with Crippen molar-refractivity contribution >= 4 is 5.91 Å². The molecule has 0 aromatic carbocycles. The van der Waals surface area contributed by atoms with Crippen LogP contribution in [0.5, 0.6) is 0 Å². The lowest BCUT2D eigenvalue weighted by molar-refractivity contribution is -0.131. The maximum Gasteiger partial charge on any atom is 0.232 e. The number of pyridine rings is 1. The number of likely N-dealkylation sites (tertiary alicyclic amines) is 1. The van der Waals surface area contributed by atoms with E-state index >= 15 is 0 Å². The van der Waals surface area contributed by atoms with Crippen LogP contribution in [0, 0.1) is 5.92 Å². The van der Waals surface area contributed by atoms with Crippen molar-refractivity contribution in [2.45, 2.75) is 63.7 Å². The number of carbonyl (C=O) groups excluding carboxylic acids is 1. The Morgan fingerprint density at radius 2 is 2.04 bits per heavy atom. The zero-order valence-electron chi connectivity index (χ0n) is 16.2. The van der Waals surface area contributed by atoms with Gasteiger partial charge in [-0.05, 0) is 30.4 Å². The number of aromatic nitrogens is 3. The summed E-state index contributed by atoms with van der Waals surface area (Å²) in [6.45, 7) is 5.48. The van der Waals surface area contributed by atoms with E-state index in [0.717, 1.165) is 24.2 Å². The molecule has 2 aromatic heterocycles. The summed E-state index contributed by atoms with van der Waals surface area (Å²) in [5, 5.41) is 4.28. The van der Waals surface area contributed by atoms with E-state index in [4.69, 9.17) is 9.51 Å². The summed E-state index contributed by atoms with van der Waals surface area (Å²) in [6.07, 6.45) is 9.02. The van der Waals surface area contributed by atoms with Gasteiger partial charge in [-0.1, -0.05) is 37.9 Å². The molecule has 2 aliphatic rings. The highest BCUT2D eigenvalue weighted by Crippen LogP contribution is 2.40. The van der Waals surface area contributed by atoms with Crippen molar-refractivity contribution in [1.29, 1.82) is 0 Å². The van der Waals surface area contributed by atoms with Gasteiger partial charge < -0.3 is 9.42 Å². The molecule has 6 heteroatoms. The summed E-state index contributed by atoms with van der Waals surface area (Å²) in [6, 6.07) is 4.03. The van der Waals surface area contributed by atoms with Crippen molar-refractivity contribution in [2.75, 3.05) is 13.1 Å². The van der Waals surface area contributed by atoms with Crippen LogP contribution in [0.25, 0.3) is 0 Å². The van der Waals surface area contributed by atoms with Crippen molar-refractivity contribution in [3.8, 4) is 0 Å². The second kappa shape index (κ2) is 7.79. The molecule has 0 bridgehead atoms. The van der Waals surface area contributed by atoms with Crippen molar-refractivity contribution in [3.63, 3.8) is 0 Å². The zero-order chi connectivity index (χ0) is 18.8. The molecule has 2 aromatic rings. The number of hydrogen-bond donors (Lipinski definition) is 0. The second-order valence-corrected chi connectivity index (χ2v) is 8.37. The third-order valence-electron chi connectivity index (χ3n) is 5.86. The highest BCUT2D eigenvalue weighted by atomic mass is 16.5. The van der Waals surface area contributed by atoms with Crippen LogP contribution in [0.2, 0.25) is 0 Å². The van der Waals surface area contributed by atoms with Gasteiger partial charge in [-0.3, -0.25) is 9.78 Å². The van der Waals surface area contributed by atoms with Crippen LogP contribution >= 0.6 is 0 Å². The van der Waals surface area contributed by atoms with Crippen LogP contribution in [0.1, 0.15) is 81.0 Å². The second-order valence-electron chi connectivity index (χ2n) is 8.37. The molecular weight excluding hydrogens is 340 g/mol. The van der Waals surface area contributed by atoms with Gasteiger partial charge in [0.25, 0.3) is 0 Å². The highest BCUT2D eigenvalue weighted by Gasteiger charge is 2.40. The first kappa shape index (κ1) is 18.1. The minimum atomic E-state index is 0.0352. The van der Waals surface area contributed by atoms with E-state index in [2.05, 4.69) is 30.1 Å². The van der Waals surface area contributed by atoms with Gasteiger partial charge in [-0.25, -0.2) is 0 Å². The Kier molecular flexibility index (Phi) is 5.23. The van der Waals surface area contributed by atoms with Crippen LogP contribution in [0.3, 0.4) is 0 Å². The molecule has 3 heterocycles. The first-order chi connectivity index (χ1) is 13.1. The van der Waals surface area contributed by atoms with Gasteiger partial charge in [-0.2, -0.15) is 4.98 Å². The van der Waals surface area contributed by atoms with Crippen LogP contribution in [-0.4, -0.2) is 39.0 Å². The number of hydrogen-bond acceptors (Lipinski definition) is 5. The average molecular weight is 368 g/mol. The van der Waals surface area contributed by atoms with E-state index in [1.807, 2.05) is 17.2 Å². The lowest BCUT2D eigenvalue weighted by atomic mass is 9.90. The smallest absolute Gasteiger partial charge is 0.232 e. The summed E-state index contributed by atoms with van der Waals surface area (Å²) < 4.78 is 5.70. The quantitative estimate of drug-likeness (QED) is 0.801. The first-order valence-electron chi connectivity index (χ1n) is 10.1. The van der Waals surface area contributed by atoms with Gasteiger partial charge in [0.1, 0.15) is 0 Å². The minimum absolute atomic E-state index is 0.0352. The summed E-state index contributed by atoms with van der Waals surface area (Å²) >= 11 is 0. The Morgan fingerprint density at radius 1 is 1.26 bits per heavy atom. The Hall–Kier alpha value is -2.24. The molecule has 6 nitrogen and oxygen atoms in total. The van der Waals surface area contributed by atoms with Crippen LogP contribution in [0.15, 0.2) is 29.0 Å². The fourth-order valence-corrected chi connectivity index (χ4v) is 4.42. The molecule has 1 amide bonds. The standard InChI is InChI=1S/C21H28N4O2/c1-14(2)10-19(26)25-12-17(16-8-5-9-22-11-16)18(13-25)21-23-20(24-27-21)15-6-3-4-7-15/h5,8-9,11,14-15,17-18H,3-4,6-7,10,12-13H2,1-2H3/t17-,18+/m0/s1. The lowest BCUT2D eigenvalue weighted by Crippen LogP contribution is -2.29. The van der Waals surface area contributed by atoms with Crippen molar-refractivity contribution in [3.05, 3.63) is 41.8 Å². The lowest BCUT2D eigenvalue weighted by Gasteiger charge is -2.17. The van der Waals surface area contributed by atoms with Crippen LogP contribution in [0.4, 0.5) is 0 Å². The zero-order valence-corrected chi connectivity index (χ0v) is 16.2. The van der Waals surface area contributed by atoms with Crippen molar-refractivity contribution < 1.29 is 9.32 Å². The van der Waals surface area contributed by atoms with Gasteiger partial charge in [0.2, 0.25) is 11.8 Å². The van der Waals surface area contributed by atoms with Crippen LogP contribution in [-0.2, 0) is 4.79 Å². The molecule has 1 aliphatic carbocycles. The molecule has 0 radical (unpaired) electrons. The third kappa shape index (κ3) is 3.89. The fraction of sp³-hybridized carbons (Fsp3) is 0.619. The molecule has 2 atom stereocenters. The molecule has 4 rings (SSSR count). The molecule has 0 unspecified atom stereocenters. The third-order valence-corrected chi connectivity index (χ3v) is 5.86. The molecule has 0 N–H and O–H groups in total. The topological polar surface area (TPSA) is 72.1 Å². The van der Waals surface area contributed by atoms with E-state index in [1.165, 1.54) is 12.8 Å². The molecule has 144 valence electrons. The van der Waals surface area contributed by atoms with E-state index in [1.54, 1.807) is 6.20 Å². The Labute approximate surface area is 160 Å². The maximum absolute atomic E-state index is 12.7. The maximum atomic E-state index is 12.7. The highest BCUT2D eigenvalue weighted by molar-refractivity contribution is 5.77. The molecule has 27 heavy (non-hydrogen) atoms. The molecule has 2 fully saturated rings. The fourth-order valence-electron chi connectivity index (χ4n) is 4.42. The minimum Gasteiger partial charge on any atom is -0.341 e. The average Bonchev–Trinajstić information content (AvgIpc) is 3.40. The number of amides is 1. The van der Waals surface area contributed by atoms with Gasteiger partial charge >= 0.3 is 0 Å². The predicted octanol–water partition coefficient (Wildman–Crippen LogP) is 3.88. The van der Waals surface area contributed by atoms with E-state index in [9.17, 15) is 4.79 Å². The Bertz CT molecular complexity index is 767. The molecular formula is C21H28N4O2. The van der Waals surface area contributed by atoms with Crippen molar-refractivity contribution in [2.24, 2.45) is 5.92 Å². The first-order valence-corrected chi connectivity index (χ1v) is 10.1. The molecule has 0 spiro atoms. The number of nitrogens with zero attached hydrogens (tertiary/aromatic N) is 4. The monoisotopic (exact) mass is 368 g/mol. The summed E-state index contributed by atoms with van der Waals surface area (Å²) in [7, 11) is 0. The molecule has 1 aliphatic heterocycles. The molecule has 1 saturated heterocycles. The van der Waals surface area contributed by atoms with E-state index < -0.39 is 0 Å². The van der Waals surface area contributed by atoms with E-state index in [0.29, 0.717) is 37.2 Å². The summed E-state index contributed by atoms with van der Waals surface area (Å²) in [5.41, 5.74) is 1.13. The normalized spacial score (nSPS) is 23.4. The van der Waals surface area contributed by atoms with Crippen LogP contribution < -0.4 is 0 Å². The molecule has 1 saturated carbocycles. The largest absolute Gasteiger partial charge is 0.341 e. The summed E-state index contributed by atoms with van der Waals surface area (Å²) in [5.74, 6) is 2.69. The Balaban J connectivity index is 1.58. The van der Waals surface area contributed by atoms with E-state index in [-0.39, 0.29) is 17.7 Å². The van der Waals surface area contributed by atoms with Gasteiger partial charge in [0.05, 0.1) is 5.92 Å². The number of rotatable bonds is 5. The summed E-state index contributed by atoms with van der Waals surface area (Å²) in [4.78, 5) is 23.7. The Morgan fingerprint density at radius 3 is 2.74 bits per heavy atom. The van der Waals surface area contributed by atoms with Gasteiger partial charge in [-0.15, -0.1) is 0 Å². The van der Waals surface area contributed by atoms with Crippen molar-refractivity contribution in [1.82, 2.24) is 20.0 Å². The number of carbonyl (C=O) groups is 1. The van der Waals surface area contributed by atoms with Gasteiger partial charge in [0, 0.05) is 43.7 Å². The van der Waals surface area contributed by atoms with Gasteiger partial charge in [0.15, 0.2) is 5.82 Å². The predicted molar refractivity (Wildman–Crippen MR) is 101 cm³/mol. The SMILES string of the molecule is CC(C)CC(=O)N1C[C@@H](c2cccnc2)[C@H](c2nc(C3CCCC3)no2)C1.